The number of hydrogen-bond acceptors (Lipinski definition) is 8. The van der Waals surface area contributed by atoms with Gasteiger partial charge in [-0.05, 0) is 25.0 Å². The minimum Gasteiger partial charge on any atom is -0.320 e. The number of anilines is 2. The van der Waals surface area contributed by atoms with E-state index in [2.05, 4.69) is 20.4 Å². The van der Waals surface area contributed by atoms with Crippen molar-refractivity contribution in [3.63, 3.8) is 0 Å². The van der Waals surface area contributed by atoms with Crippen molar-refractivity contribution in [3.05, 3.63) is 41.2 Å². The van der Waals surface area contributed by atoms with Crippen molar-refractivity contribution in [1.29, 1.82) is 5.26 Å². The van der Waals surface area contributed by atoms with Gasteiger partial charge in [-0.15, -0.1) is 11.3 Å². The van der Waals surface area contributed by atoms with Crippen LogP contribution in [0.25, 0.3) is 11.3 Å². The third-order valence-corrected chi connectivity index (χ3v) is 6.98. The molecule has 1 N–H and O–H groups in total. The number of alkyl halides is 3. The van der Waals surface area contributed by atoms with E-state index in [9.17, 15) is 23.2 Å². The molecule has 1 fully saturated rings. The number of aromatic nitrogens is 4. The van der Waals surface area contributed by atoms with Crippen molar-refractivity contribution in [1.82, 2.24) is 29.5 Å². The first-order valence-electron chi connectivity index (χ1n) is 11.7. The SMILES string of the molecule is Cc1nn(C)cc1-c1csc(Nc2ccc(C(=O)N3CCN(C(C(C)C)C(F)(F)F)C[C@H]3C#N)cn2)n1. The summed E-state index contributed by atoms with van der Waals surface area (Å²) in [5.41, 5.74) is 2.84. The minimum atomic E-state index is -4.41. The Morgan fingerprint density at radius 2 is 2.05 bits per heavy atom. The topological polar surface area (TPSA) is 103 Å². The third kappa shape index (κ3) is 5.75. The van der Waals surface area contributed by atoms with Crippen molar-refractivity contribution in [2.75, 3.05) is 25.0 Å². The number of aryl methyl sites for hydroxylation is 2. The van der Waals surface area contributed by atoms with Gasteiger partial charge in [0.15, 0.2) is 5.13 Å². The highest BCUT2D eigenvalue weighted by atomic mass is 32.1. The van der Waals surface area contributed by atoms with E-state index >= 15 is 0 Å². The summed E-state index contributed by atoms with van der Waals surface area (Å²) < 4.78 is 42.5. The molecule has 3 aromatic heterocycles. The number of rotatable bonds is 6. The molecule has 9 nitrogen and oxygen atoms in total. The highest BCUT2D eigenvalue weighted by Crippen LogP contribution is 2.32. The van der Waals surface area contributed by atoms with Gasteiger partial charge in [0, 0.05) is 50.0 Å². The number of thiazole rings is 1. The highest BCUT2D eigenvalue weighted by molar-refractivity contribution is 7.14. The molecule has 2 atom stereocenters. The van der Waals surface area contributed by atoms with Crippen molar-refractivity contribution >= 4 is 28.2 Å². The van der Waals surface area contributed by atoms with Crippen molar-refractivity contribution < 1.29 is 18.0 Å². The van der Waals surface area contributed by atoms with Gasteiger partial charge in [0.1, 0.15) is 17.9 Å². The molecule has 1 unspecified atom stereocenters. The van der Waals surface area contributed by atoms with Crippen LogP contribution in [-0.2, 0) is 7.05 Å². The predicted molar refractivity (Wildman–Crippen MR) is 133 cm³/mol. The van der Waals surface area contributed by atoms with Gasteiger partial charge < -0.3 is 10.2 Å². The fourth-order valence-electron chi connectivity index (χ4n) is 4.59. The molecule has 0 aliphatic carbocycles. The number of nitrogens with one attached hydrogen (secondary N) is 1. The Labute approximate surface area is 216 Å². The molecule has 4 heterocycles. The second-order valence-corrected chi connectivity index (χ2v) is 10.1. The first-order chi connectivity index (χ1) is 17.5. The van der Waals surface area contributed by atoms with E-state index in [4.69, 9.17) is 0 Å². The Bertz CT molecular complexity index is 1290. The third-order valence-electron chi connectivity index (χ3n) is 6.22. The summed E-state index contributed by atoms with van der Waals surface area (Å²) in [6, 6.07) is 2.54. The number of piperazine rings is 1. The van der Waals surface area contributed by atoms with Crippen molar-refractivity contribution in [3.8, 4) is 17.3 Å². The molecular weight excluding hydrogens is 505 g/mol. The van der Waals surface area contributed by atoms with Crippen LogP contribution >= 0.6 is 11.3 Å². The Kier molecular flexibility index (Phi) is 7.52. The van der Waals surface area contributed by atoms with Crippen LogP contribution in [0, 0.1) is 24.2 Å². The predicted octanol–water partition coefficient (Wildman–Crippen LogP) is 4.23. The van der Waals surface area contributed by atoms with Crippen LogP contribution in [0.3, 0.4) is 0 Å². The Balaban J connectivity index is 1.42. The monoisotopic (exact) mass is 532 g/mol. The first-order valence-corrected chi connectivity index (χ1v) is 12.6. The Hall–Kier alpha value is -3.50. The molecule has 0 saturated carbocycles. The average Bonchev–Trinajstić information content (AvgIpc) is 3.43. The van der Waals surface area contributed by atoms with E-state index in [0.717, 1.165) is 17.0 Å². The van der Waals surface area contributed by atoms with Crippen LogP contribution in [0.2, 0.25) is 0 Å². The summed E-state index contributed by atoms with van der Waals surface area (Å²) in [7, 11) is 1.85. The highest BCUT2D eigenvalue weighted by Gasteiger charge is 2.47. The number of nitrogens with zero attached hydrogens (tertiary/aromatic N) is 7. The molecule has 1 aliphatic heterocycles. The quantitative estimate of drug-likeness (QED) is 0.507. The second-order valence-electron chi connectivity index (χ2n) is 9.27. The molecule has 3 aromatic rings. The zero-order valence-corrected chi connectivity index (χ0v) is 21.6. The number of amides is 1. The maximum Gasteiger partial charge on any atom is 0.404 e. The molecule has 0 aromatic carbocycles. The lowest BCUT2D eigenvalue weighted by atomic mass is 9.99. The fraction of sp³-hybridized carbons (Fsp3) is 0.458. The summed E-state index contributed by atoms with van der Waals surface area (Å²) >= 11 is 1.40. The Morgan fingerprint density at radius 1 is 1.30 bits per heavy atom. The van der Waals surface area contributed by atoms with Gasteiger partial charge in [0.2, 0.25) is 0 Å². The summed E-state index contributed by atoms with van der Waals surface area (Å²) in [6.45, 7) is 4.80. The summed E-state index contributed by atoms with van der Waals surface area (Å²) in [4.78, 5) is 24.5. The molecule has 1 saturated heterocycles. The van der Waals surface area contributed by atoms with Crippen LogP contribution < -0.4 is 5.32 Å². The van der Waals surface area contributed by atoms with Gasteiger partial charge in [0.25, 0.3) is 5.91 Å². The lowest BCUT2D eigenvalue weighted by molar-refractivity contribution is -0.199. The summed E-state index contributed by atoms with van der Waals surface area (Å²) in [6.07, 6.45) is -1.13. The van der Waals surface area contributed by atoms with Crippen molar-refractivity contribution in [2.45, 2.75) is 39.0 Å². The lowest BCUT2D eigenvalue weighted by Crippen LogP contribution is -2.61. The number of carbonyl (C=O) groups is 1. The molecule has 1 aliphatic rings. The van der Waals surface area contributed by atoms with Gasteiger partial charge in [-0.1, -0.05) is 13.8 Å². The normalized spacial score (nSPS) is 17.6. The van der Waals surface area contributed by atoms with E-state index < -0.39 is 30.1 Å². The van der Waals surface area contributed by atoms with Crippen molar-refractivity contribution in [2.24, 2.45) is 13.0 Å². The smallest absolute Gasteiger partial charge is 0.320 e. The van der Waals surface area contributed by atoms with E-state index in [1.54, 1.807) is 16.8 Å². The van der Waals surface area contributed by atoms with Gasteiger partial charge in [-0.25, -0.2) is 9.97 Å². The fourth-order valence-corrected chi connectivity index (χ4v) is 5.31. The first kappa shape index (κ1) is 26.6. The number of pyridine rings is 1. The molecule has 13 heteroatoms. The van der Waals surface area contributed by atoms with Gasteiger partial charge in [-0.2, -0.15) is 23.5 Å². The Morgan fingerprint density at radius 3 is 2.62 bits per heavy atom. The standard InChI is InChI=1S/C24H27F3N8OS/c1-14(2)21(24(25,26)27)34-7-8-35(17(9-28)11-34)22(36)16-5-6-20(29-10-16)31-23-30-19(13-37-23)18-12-33(4)32-15(18)3/h5-6,10,12-14,17,21H,7-8,11H2,1-4H3,(H,29,30,31)/t17-,21?/m1/s1. The van der Waals surface area contributed by atoms with Crippen LogP contribution in [0.15, 0.2) is 29.9 Å². The van der Waals surface area contributed by atoms with E-state index in [-0.39, 0.29) is 25.2 Å². The summed E-state index contributed by atoms with van der Waals surface area (Å²) in [5, 5.41) is 19.6. The maximum absolute atomic E-state index is 13.6. The number of carbonyl (C=O) groups excluding carboxylic acids is 1. The maximum atomic E-state index is 13.6. The van der Waals surface area contributed by atoms with Crippen LogP contribution in [0.4, 0.5) is 24.1 Å². The molecule has 0 spiro atoms. The summed E-state index contributed by atoms with van der Waals surface area (Å²) in [5.74, 6) is -0.637. The molecule has 4 rings (SSSR count). The minimum absolute atomic E-state index is 0.0199. The van der Waals surface area contributed by atoms with Gasteiger partial charge in [-0.3, -0.25) is 14.4 Å². The molecule has 0 bridgehead atoms. The lowest BCUT2D eigenvalue weighted by Gasteiger charge is -2.43. The van der Waals surface area contributed by atoms with Crippen LogP contribution in [0.5, 0.6) is 0 Å². The van der Waals surface area contributed by atoms with Crippen LogP contribution in [-0.4, -0.2) is 73.3 Å². The largest absolute Gasteiger partial charge is 0.404 e. The number of hydrogen-bond donors (Lipinski definition) is 1. The molecule has 1 amide bonds. The van der Waals surface area contributed by atoms with Gasteiger partial charge >= 0.3 is 6.18 Å². The van der Waals surface area contributed by atoms with Gasteiger partial charge in [0.05, 0.1) is 23.0 Å². The van der Waals surface area contributed by atoms with Crippen LogP contribution in [0.1, 0.15) is 29.9 Å². The van der Waals surface area contributed by atoms with E-state index in [0.29, 0.717) is 10.9 Å². The zero-order chi connectivity index (χ0) is 26.9. The zero-order valence-electron chi connectivity index (χ0n) is 20.8. The van der Waals surface area contributed by atoms with E-state index in [1.165, 1.54) is 41.2 Å². The average molecular weight is 533 g/mol. The molecular formula is C24H27F3N8OS. The van der Waals surface area contributed by atoms with E-state index in [1.807, 2.05) is 31.6 Å². The number of halogens is 3. The molecule has 37 heavy (non-hydrogen) atoms. The second kappa shape index (κ2) is 10.5. The molecule has 196 valence electrons. The number of nitriles is 1. The molecule has 0 radical (unpaired) electrons.